The smallest absolute Gasteiger partial charge is 0.109 e. The molecule has 0 spiro atoms. The van der Waals surface area contributed by atoms with Crippen LogP contribution in [-0.2, 0) is 11.3 Å². The Morgan fingerprint density at radius 1 is 1.71 bits per heavy atom. The molecule has 2 heterocycles. The van der Waals surface area contributed by atoms with E-state index in [4.69, 9.17) is 10.5 Å². The van der Waals surface area contributed by atoms with E-state index in [2.05, 4.69) is 29.2 Å². The van der Waals surface area contributed by atoms with Crippen LogP contribution in [0.4, 0.5) is 0 Å². The van der Waals surface area contributed by atoms with Gasteiger partial charge in [0.25, 0.3) is 0 Å². The highest BCUT2D eigenvalue weighted by Crippen LogP contribution is 2.21. The molecule has 2 rings (SSSR count). The summed E-state index contributed by atoms with van der Waals surface area (Å²) < 4.78 is 5.59. The minimum absolute atomic E-state index is 0.0350. The summed E-state index contributed by atoms with van der Waals surface area (Å²) in [6.45, 7) is 5.86. The van der Waals surface area contributed by atoms with Crippen molar-refractivity contribution in [1.29, 1.82) is 0 Å². The van der Waals surface area contributed by atoms with Crippen molar-refractivity contribution in [3.05, 3.63) is 16.1 Å². The minimum atomic E-state index is 0.0350. The van der Waals surface area contributed by atoms with Crippen molar-refractivity contribution < 1.29 is 4.74 Å². The maximum absolute atomic E-state index is 5.82. The maximum Gasteiger partial charge on any atom is 0.109 e. The van der Waals surface area contributed by atoms with Gasteiger partial charge in [-0.2, -0.15) is 0 Å². The third kappa shape index (κ3) is 3.04. The summed E-state index contributed by atoms with van der Waals surface area (Å²) in [6, 6.07) is 0.545. The second-order valence-corrected chi connectivity index (χ2v) is 5.70. The lowest BCUT2D eigenvalue weighted by Crippen LogP contribution is -2.36. The lowest BCUT2D eigenvalue weighted by atomic mass is 10.1. The van der Waals surface area contributed by atoms with Crippen LogP contribution in [-0.4, -0.2) is 35.7 Å². The van der Waals surface area contributed by atoms with E-state index in [0.29, 0.717) is 12.1 Å². The standard InChI is InChI=1S/C12H21N3OS/c1-8(13)12-14-10(7-17-12)6-15(3)11-4-5-16-9(11)2/h7-9,11H,4-6,13H2,1-3H3. The Labute approximate surface area is 107 Å². The van der Waals surface area contributed by atoms with Gasteiger partial charge in [0.15, 0.2) is 0 Å². The van der Waals surface area contributed by atoms with Crippen LogP contribution in [0.15, 0.2) is 5.38 Å². The minimum Gasteiger partial charge on any atom is -0.377 e. The van der Waals surface area contributed by atoms with E-state index in [9.17, 15) is 0 Å². The van der Waals surface area contributed by atoms with Crippen LogP contribution < -0.4 is 5.73 Å². The number of nitrogens with zero attached hydrogens (tertiary/aromatic N) is 2. The summed E-state index contributed by atoms with van der Waals surface area (Å²) in [7, 11) is 2.14. The molecule has 5 heteroatoms. The van der Waals surface area contributed by atoms with Crippen LogP contribution >= 0.6 is 11.3 Å². The topological polar surface area (TPSA) is 51.4 Å². The molecule has 0 saturated carbocycles. The second kappa shape index (κ2) is 5.44. The molecule has 2 N–H and O–H groups in total. The summed E-state index contributed by atoms with van der Waals surface area (Å²) in [4.78, 5) is 6.89. The highest BCUT2D eigenvalue weighted by molar-refractivity contribution is 7.09. The average molecular weight is 255 g/mol. The van der Waals surface area contributed by atoms with Crippen molar-refractivity contribution in [1.82, 2.24) is 9.88 Å². The molecule has 3 atom stereocenters. The van der Waals surface area contributed by atoms with Crippen molar-refractivity contribution in [2.45, 2.75) is 45.0 Å². The van der Waals surface area contributed by atoms with Gasteiger partial charge in [-0.15, -0.1) is 11.3 Å². The Balaban J connectivity index is 1.95. The number of thiazole rings is 1. The highest BCUT2D eigenvalue weighted by atomic mass is 32.1. The lowest BCUT2D eigenvalue weighted by molar-refractivity contribution is 0.0811. The van der Waals surface area contributed by atoms with E-state index in [1.165, 1.54) is 0 Å². The molecule has 1 aliphatic rings. The zero-order valence-corrected chi connectivity index (χ0v) is 11.5. The first-order valence-electron chi connectivity index (χ1n) is 6.09. The normalized spacial score (nSPS) is 26.6. The van der Waals surface area contributed by atoms with Crippen LogP contribution in [0, 0.1) is 0 Å². The number of likely N-dealkylation sites (N-methyl/N-ethyl adjacent to an activating group) is 1. The van der Waals surface area contributed by atoms with Crippen molar-refractivity contribution in [2.24, 2.45) is 5.73 Å². The summed E-state index contributed by atoms with van der Waals surface area (Å²) in [6.07, 6.45) is 1.44. The number of aromatic nitrogens is 1. The molecule has 1 aromatic rings. The first-order chi connectivity index (χ1) is 8.08. The molecule has 96 valence electrons. The number of ether oxygens (including phenoxy) is 1. The van der Waals surface area contributed by atoms with Crippen LogP contribution in [0.3, 0.4) is 0 Å². The van der Waals surface area contributed by atoms with Gasteiger partial charge in [-0.25, -0.2) is 4.98 Å². The van der Waals surface area contributed by atoms with Gasteiger partial charge in [-0.3, -0.25) is 4.90 Å². The van der Waals surface area contributed by atoms with Crippen molar-refractivity contribution in [3.63, 3.8) is 0 Å². The van der Waals surface area contributed by atoms with E-state index >= 15 is 0 Å². The molecule has 1 fully saturated rings. The molecule has 0 radical (unpaired) electrons. The van der Waals surface area contributed by atoms with Gasteiger partial charge in [-0.05, 0) is 27.3 Å². The van der Waals surface area contributed by atoms with Crippen LogP contribution in [0.5, 0.6) is 0 Å². The number of rotatable bonds is 4. The van der Waals surface area contributed by atoms with E-state index in [0.717, 1.165) is 30.3 Å². The zero-order valence-electron chi connectivity index (χ0n) is 10.7. The molecule has 4 nitrogen and oxygen atoms in total. The van der Waals surface area contributed by atoms with Gasteiger partial charge in [0.05, 0.1) is 17.8 Å². The van der Waals surface area contributed by atoms with Crippen LogP contribution in [0.2, 0.25) is 0 Å². The quantitative estimate of drug-likeness (QED) is 0.891. The average Bonchev–Trinajstić information content (AvgIpc) is 2.86. The second-order valence-electron chi connectivity index (χ2n) is 4.81. The molecular weight excluding hydrogens is 234 g/mol. The summed E-state index contributed by atoms with van der Waals surface area (Å²) in [5, 5.41) is 3.12. The van der Waals surface area contributed by atoms with Gasteiger partial charge in [0.2, 0.25) is 0 Å². The molecule has 0 aromatic carbocycles. The van der Waals surface area contributed by atoms with Gasteiger partial charge in [0.1, 0.15) is 5.01 Å². The Hall–Kier alpha value is -0.490. The predicted octanol–water partition coefficient (Wildman–Crippen LogP) is 1.77. The fourth-order valence-electron chi connectivity index (χ4n) is 2.28. The Morgan fingerprint density at radius 3 is 3.00 bits per heavy atom. The van der Waals surface area contributed by atoms with E-state index in [-0.39, 0.29) is 6.04 Å². The molecule has 0 bridgehead atoms. The summed E-state index contributed by atoms with van der Waals surface area (Å²) in [5.74, 6) is 0. The van der Waals surface area contributed by atoms with Crippen molar-refractivity contribution in [3.8, 4) is 0 Å². The first-order valence-corrected chi connectivity index (χ1v) is 6.97. The highest BCUT2D eigenvalue weighted by Gasteiger charge is 2.28. The Morgan fingerprint density at radius 2 is 2.47 bits per heavy atom. The SMILES string of the molecule is CC(N)c1nc(CN(C)C2CCOC2C)cs1. The number of nitrogens with two attached hydrogens (primary N) is 1. The fraction of sp³-hybridized carbons (Fsp3) is 0.750. The van der Waals surface area contributed by atoms with E-state index in [1.807, 2.05) is 6.92 Å². The molecule has 0 amide bonds. The van der Waals surface area contributed by atoms with Gasteiger partial charge >= 0.3 is 0 Å². The molecule has 1 aliphatic heterocycles. The lowest BCUT2D eigenvalue weighted by Gasteiger charge is -2.25. The van der Waals surface area contributed by atoms with Crippen LogP contribution in [0.1, 0.15) is 37.0 Å². The Bertz CT molecular complexity index is 366. The van der Waals surface area contributed by atoms with E-state index in [1.54, 1.807) is 11.3 Å². The number of hydrogen-bond donors (Lipinski definition) is 1. The van der Waals surface area contributed by atoms with Gasteiger partial charge in [0, 0.05) is 24.6 Å². The predicted molar refractivity (Wildman–Crippen MR) is 70.0 cm³/mol. The largest absolute Gasteiger partial charge is 0.377 e. The maximum atomic E-state index is 5.82. The summed E-state index contributed by atoms with van der Waals surface area (Å²) in [5.41, 5.74) is 6.93. The van der Waals surface area contributed by atoms with Gasteiger partial charge in [-0.1, -0.05) is 0 Å². The van der Waals surface area contributed by atoms with Crippen LogP contribution in [0.25, 0.3) is 0 Å². The molecule has 17 heavy (non-hydrogen) atoms. The fourth-order valence-corrected chi connectivity index (χ4v) is 3.05. The van der Waals surface area contributed by atoms with Crippen molar-refractivity contribution >= 4 is 11.3 Å². The monoisotopic (exact) mass is 255 g/mol. The zero-order chi connectivity index (χ0) is 12.4. The van der Waals surface area contributed by atoms with E-state index < -0.39 is 0 Å². The number of hydrogen-bond acceptors (Lipinski definition) is 5. The summed E-state index contributed by atoms with van der Waals surface area (Å²) >= 11 is 1.65. The van der Waals surface area contributed by atoms with Gasteiger partial charge < -0.3 is 10.5 Å². The molecule has 0 aliphatic carbocycles. The molecular formula is C12H21N3OS. The Kier molecular flexibility index (Phi) is 4.14. The first kappa shape index (κ1) is 13.0. The third-order valence-corrected chi connectivity index (χ3v) is 4.37. The van der Waals surface area contributed by atoms with Crippen molar-refractivity contribution in [2.75, 3.05) is 13.7 Å². The molecule has 1 saturated heterocycles. The third-order valence-electron chi connectivity index (χ3n) is 3.27. The molecule has 3 unspecified atom stereocenters. The molecule has 1 aromatic heterocycles.